The van der Waals surface area contributed by atoms with Crippen LogP contribution in [0.2, 0.25) is 0 Å². The van der Waals surface area contributed by atoms with Gasteiger partial charge in [-0.3, -0.25) is 0 Å². The van der Waals surface area contributed by atoms with E-state index in [-0.39, 0.29) is 24.8 Å². The van der Waals surface area contributed by atoms with Crippen LogP contribution in [0.15, 0.2) is 70.0 Å². The first kappa shape index (κ1) is 17.9. The molecule has 111 valence electrons. The van der Waals surface area contributed by atoms with Crippen molar-refractivity contribution in [3.8, 4) is 11.1 Å². The van der Waals surface area contributed by atoms with E-state index in [4.69, 9.17) is 0 Å². The Morgan fingerprint density at radius 2 is 1.41 bits per heavy atom. The molecule has 0 saturated heterocycles. The summed E-state index contributed by atoms with van der Waals surface area (Å²) in [6.07, 6.45) is 8.26. The van der Waals surface area contributed by atoms with E-state index in [0.29, 0.717) is 0 Å². The molecule has 0 nitrogen and oxygen atoms in total. The molecule has 0 atom stereocenters. The van der Waals surface area contributed by atoms with Crippen LogP contribution in [0.25, 0.3) is 11.1 Å². The molecule has 0 amide bonds. The Hall–Kier alpha value is -0.400. The third-order valence-corrected chi connectivity index (χ3v) is 18.8. The van der Waals surface area contributed by atoms with Gasteiger partial charge in [-0.1, -0.05) is 0 Å². The Morgan fingerprint density at radius 1 is 0.864 bits per heavy atom. The van der Waals surface area contributed by atoms with Crippen LogP contribution in [0.4, 0.5) is 0 Å². The predicted octanol–water partition coefficient (Wildman–Crippen LogP) is -2.49. The molecule has 2 aromatic rings. The number of hydrogen-bond donors (Lipinski definition) is 0. The molecule has 0 spiro atoms. The average Bonchev–Trinajstić information content (AvgIpc) is 3.13. The van der Waals surface area contributed by atoms with Crippen molar-refractivity contribution in [1.82, 2.24) is 0 Å². The molecule has 0 aliphatic heterocycles. The summed E-state index contributed by atoms with van der Waals surface area (Å²) in [5, 5.41) is 0. The van der Waals surface area contributed by atoms with Gasteiger partial charge in [-0.25, -0.2) is 0 Å². The fraction of sp³-hybridized carbons (Fsp3) is 0.111. The van der Waals surface area contributed by atoms with Crippen LogP contribution in [0.3, 0.4) is 0 Å². The molecule has 4 heteroatoms. The third-order valence-electron chi connectivity index (χ3n) is 4.54. The van der Waals surface area contributed by atoms with Gasteiger partial charge in [-0.2, -0.15) is 0 Å². The summed E-state index contributed by atoms with van der Waals surface area (Å²) in [6.45, 7) is 0. The summed E-state index contributed by atoms with van der Waals surface area (Å²) in [6, 6.07) is 18.2. The van der Waals surface area contributed by atoms with Gasteiger partial charge in [0.05, 0.1) is 0 Å². The summed E-state index contributed by atoms with van der Waals surface area (Å²) in [5.74, 6) is 0. The van der Waals surface area contributed by atoms with E-state index < -0.39 is 20.9 Å². The molecular formula is C18H17Cl2SiZr. The van der Waals surface area contributed by atoms with Crippen molar-refractivity contribution in [3.05, 3.63) is 81.2 Å². The Labute approximate surface area is 154 Å². The zero-order valence-corrected chi connectivity index (χ0v) is 18.4. The molecule has 0 fully saturated rings. The Morgan fingerprint density at radius 3 is 1.91 bits per heavy atom. The normalized spacial score (nSPS) is 14.6. The first-order valence-electron chi connectivity index (χ1n) is 7.24. The summed E-state index contributed by atoms with van der Waals surface area (Å²) in [5.41, 5.74) is 6.22. The molecule has 4 rings (SSSR count). The van der Waals surface area contributed by atoms with Crippen LogP contribution in [0.5, 0.6) is 0 Å². The van der Waals surface area contributed by atoms with Gasteiger partial charge in [0.25, 0.3) is 0 Å². The van der Waals surface area contributed by atoms with Crippen molar-refractivity contribution >= 4 is 7.37 Å². The average molecular weight is 424 g/mol. The zero-order valence-electron chi connectivity index (χ0n) is 12.4. The van der Waals surface area contributed by atoms with E-state index in [1.165, 1.54) is 24.9 Å². The monoisotopic (exact) mass is 421 g/mol. The quantitative estimate of drug-likeness (QED) is 0.469. The standard InChI is InChI=1S/C13H9.C5H5.2ClH.H3Si.Zr/c1-3-7-12-10(5-1)9-11-6-2-4-8-13(11)12;1-2-4-5-3-1;;;;/h1-9H;1-3H,4H2;2*1H;1H3;/q;;;;;+2/p-2. The molecule has 0 unspecified atom stereocenters. The van der Waals surface area contributed by atoms with Crippen molar-refractivity contribution in [2.24, 2.45) is 0 Å². The molecule has 0 N–H and O–H groups in total. The van der Waals surface area contributed by atoms with Crippen molar-refractivity contribution in [2.45, 2.75) is 10.0 Å². The summed E-state index contributed by atoms with van der Waals surface area (Å²) in [7, 11) is 1.40. The SMILES string of the molecule is [Cl-].[Cl-].[SiH3][Zr+2]([C]1=CC=CC1)[CH]1c2ccccc2-c2ccccc21. The number of benzene rings is 2. The summed E-state index contributed by atoms with van der Waals surface area (Å²) < 4.78 is 2.58. The van der Waals surface area contributed by atoms with Crippen LogP contribution >= 0.6 is 0 Å². The molecule has 0 bridgehead atoms. The van der Waals surface area contributed by atoms with Crippen LogP contribution in [-0.4, -0.2) is 7.37 Å². The maximum atomic E-state index is 2.42. The van der Waals surface area contributed by atoms with Gasteiger partial charge in [0, 0.05) is 0 Å². The fourth-order valence-corrected chi connectivity index (χ4v) is 15.8. The maximum absolute atomic E-state index is 2.42. The Kier molecular flexibility index (Phi) is 6.07. The van der Waals surface area contributed by atoms with E-state index in [1.807, 2.05) is 3.28 Å². The molecule has 0 radical (unpaired) electrons. The topological polar surface area (TPSA) is 0 Å². The molecule has 2 aliphatic rings. The van der Waals surface area contributed by atoms with Crippen molar-refractivity contribution in [2.75, 3.05) is 0 Å². The summed E-state index contributed by atoms with van der Waals surface area (Å²) >= 11 is -1.49. The van der Waals surface area contributed by atoms with Gasteiger partial charge in [0.15, 0.2) is 0 Å². The molecular weight excluding hydrogens is 406 g/mol. The number of allylic oxidation sites excluding steroid dienone is 4. The summed E-state index contributed by atoms with van der Waals surface area (Å²) in [4.78, 5) is 0. The number of rotatable bonds is 2. The van der Waals surface area contributed by atoms with Gasteiger partial charge in [0.1, 0.15) is 0 Å². The van der Waals surface area contributed by atoms with E-state index in [9.17, 15) is 0 Å². The van der Waals surface area contributed by atoms with Crippen LogP contribution in [-0.2, 0) is 20.9 Å². The van der Waals surface area contributed by atoms with E-state index >= 15 is 0 Å². The minimum atomic E-state index is -1.49. The number of fused-ring (bicyclic) bond motifs is 3. The van der Waals surface area contributed by atoms with E-state index in [1.54, 1.807) is 11.1 Å². The van der Waals surface area contributed by atoms with Gasteiger partial charge in [-0.05, 0) is 0 Å². The molecule has 22 heavy (non-hydrogen) atoms. The van der Waals surface area contributed by atoms with E-state index in [2.05, 4.69) is 66.8 Å². The molecule has 0 aromatic heterocycles. The predicted molar refractivity (Wildman–Crippen MR) is 85.5 cm³/mol. The zero-order chi connectivity index (χ0) is 13.5. The Bertz CT molecular complexity index is 694. The first-order chi connectivity index (χ1) is 9.86. The first-order valence-corrected chi connectivity index (χ1v) is 18.3. The van der Waals surface area contributed by atoms with Crippen molar-refractivity contribution in [1.29, 1.82) is 0 Å². The molecule has 2 aliphatic carbocycles. The second kappa shape index (κ2) is 7.45. The van der Waals surface area contributed by atoms with E-state index in [0.717, 1.165) is 3.63 Å². The van der Waals surface area contributed by atoms with Crippen molar-refractivity contribution in [3.63, 3.8) is 0 Å². The van der Waals surface area contributed by atoms with Gasteiger partial charge >= 0.3 is 131 Å². The third kappa shape index (κ3) is 2.87. The van der Waals surface area contributed by atoms with Gasteiger partial charge in [-0.15, -0.1) is 0 Å². The van der Waals surface area contributed by atoms with Gasteiger partial charge in [0.2, 0.25) is 0 Å². The van der Waals surface area contributed by atoms with Crippen LogP contribution in [0, 0.1) is 0 Å². The Balaban J connectivity index is 0.000000882. The number of halogens is 2. The van der Waals surface area contributed by atoms with Crippen molar-refractivity contribution < 1.29 is 45.7 Å². The molecule has 2 aromatic carbocycles. The minimum absolute atomic E-state index is 0. The van der Waals surface area contributed by atoms with Crippen LogP contribution in [0.1, 0.15) is 21.2 Å². The second-order valence-corrected chi connectivity index (χ2v) is 18.3. The van der Waals surface area contributed by atoms with Gasteiger partial charge < -0.3 is 24.8 Å². The molecule has 0 saturated carbocycles. The van der Waals surface area contributed by atoms with Crippen LogP contribution < -0.4 is 24.8 Å². The number of hydrogen-bond acceptors (Lipinski definition) is 0. The second-order valence-electron chi connectivity index (χ2n) is 5.61. The molecule has 0 heterocycles. The fourth-order valence-electron chi connectivity index (χ4n) is 3.55.